The van der Waals surface area contributed by atoms with Gasteiger partial charge in [-0.25, -0.2) is 4.79 Å². The van der Waals surface area contributed by atoms with E-state index in [0.717, 1.165) is 22.5 Å². The molecule has 30 heteroatoms. The van der Waals surface area contributed by atoms with Crippen molar-refractivity contribution in [3.63, 3.8) is 0 Å². The Morgan fingerprint density at radius 1 is 0.683 bits per heavy atom. The number of rotatable bonds is 48. The van der Waals surface area contributed by atoms with E-state index in [2.05, 4.69) is 32.8 Å². The van der Waals surface area contributed by atoms with Crippen molar-refractivity contribution in [1.82, 2.24) is 30.7 Å². The third-order valence-corrected chi connectivity index (χ3v) is 16.7. The van der Waals surface area contributed by atoms with Gasteiger partial charge in [-0.3, -0.25) is 38.7 Å². The van der Waals surface area contributed by atoms with Crippen LogP contribution in [0.2, 0.25) is 0 Å². The number of benzene rings is 2. The van der Waals surface area contributed by atoms with Crippen molar-refractivity contribution < 1.29 is 100 Å². The molecule has 0 saturated carbocycles. The van der Waals surface area contributed by atoms with Crippen LogP contribution in [0.1, 0.15) is 95.5 Å². The number of anilines is 1. The first kappa shape index (κ1) is 82.4. The van der Waals surface area contributed by atoms with Gasteiger partial charge >= 0.3 is 6.09 Å². The number of fused-ring (bicyclic) bond motifs is 3. The van der Waals surface area contributed by atoms with Gasteiger partial charge in [0.25, 0.3) is 5.91 Å². The molecule has 4 aliphatic rings. The lowest BCUT2D eigenvalue weighted by Gasteiger charge is -2.32. The molecule has 5 N–H and O–H groups in total. The highest BCUT2D eigenvalue weighted by Gasteiger charge is 2.44. The lowest BCUT2D eigenvalue weighted by atomic mass is 10.0. The van der Waals surface area contributed by atoms with Crippen LogP contribution in [0.25, 0.3) is 0 Å². The van der Waals surface area contributed by atoms with Crippen LogP contribution in [0.4, 0.5) is 16.2 Å². The molecule has 101 heavy (non-hydrogen) atoms. The summed E-state index contributed by atoms with van der Waals surface area (Å²) in [6.45, 7) is 19.6. The first-order valence-corrected chi connectivity index (χ1v) is 35.6. The van der Waals surface area contributed by atoms with Crippen LogP contribution in [0, 0.1) is 5.92 Å². The van der Waals surface area contributed by atoms with Crippen molar-refractivity contribution in [2.75, 3.05) is 149 Å². The fourth-order valence-corrected chi connectivity index (χ4v) is 10.9. The standard InChI is InChI=1S/C71H101IN8O21/c1-9-59(89-7)61(99-19-11-10-12-20-100-62-42-57-56(41-60(62)90-8)69(86)78-45-49(4)37-55(78)44-74-57)39-54-40-65(83)79-46-50(5)38-58(79)70(87)80(54)71(88)101-47-52-13-15-53(16-14-52)76-67(84)51(6)75-68(85)66(48(2)3)77-63(81)17-21-91-23-25-93-27-29-95-31-33-97-35-36-98-34-32-96-30-28-94-26-24-92-22-18-73-64(82)43-72/h9,13-16,39,41-42,44-46,48,51,55,58,66,70,87H,1,10-12,17-38,40,43,47H2,2-8H3,(H,73,82)(H,75,85)(H,76,84)(H,77,81)/b54-39+,61-59-/t51-,55-,58-,66-,70-/m0/s1. The highest BCUT2D eigenvalue weighted by molar-refractivity contribution is 14.1. The van der Waals surface area contributed by atoms with Crippen molar-refractivity contribution in [3.05, 3.63) is 107 Å². The molecule has 558 valence electrons. The van der Waals surface area contributed by atoms with Gasteiger partial charge in [0, 0.05) is 55.1 Å². The Hall–Kier alpha value is -7.53. The van der Waals surface area contributed by atoms with E-state index in [1.165, 1.54) is 38.2 Å². The molecular weight excluding hydrogens is 1430 g/mol. The maximum Gasteiger partial charge on any atom is 0.416 e. The second-order valence-corrected chi connectivity index (χ2v) is 25.0. The van der Waals surface area contributed by atoms with Crippen LogP contribution < -0.4 is 30.7 Å². The molecule has 2 aromatic rings. The summed E-state index contributed by atoms with van der Waals surface area (Å²) >= 11 is 2.00. The molecule has 0 spiro atoms. The number of hydrogen-bond donors (Lipinski definition) is 5. The summed E-state index contributed by atoms with van der Waals surface area (Å²) in [5, 5.41) is 22.9. The molecule has 7 amide bonds. The molecule has 0 bridgehead atoms. The van der Waals surface area contributed by atoms with Crippen molar-refractivity contribution in [1.29, 1.82) is 0 Å². The number of nitrogens with one attached hydrogen (secondary N) is 4. The van der Waals surface area contributed by atoms with Crippen molar-refractivity contribution >= 4 is 81.7 Å². The number of aliphatic imine (C=N–C) groups is 1. The largest absolute Gasteiger partial charge is 0.493 e. The molecule has 1 fully saturated rings. The SMILES string of the molecule is C=C/C(OC)=C(\C=C1/CC(=O)N2C=C(C)C[C@H]2[C@H](O)N1C(=O)OCc1ccc(NC(=O)[C@H](C)NC(=O)[C@@H](NC(=O)CCOCCOCCOCCOCCOCCOCCOCCOCCNC(=O)CI)C(C)C)cc1)OCCCCCOc1cc2c(cc1OC)C(=O)N1C=C(C)C[C@H]1C=N2. The van der Waals surface area contributed by atoms with Crippen molar-refractivity contribution in [2.45, 2.75) is 117 Å². The Morgan fingerprint density at radius 3 is 1.85 bits per heavy atom. The average molecular weight is 1530 g/mol. The molecule has 5 atom stereocenters. The first-order valence-electron chi connectivity index (χ1n) is 34.1. The average Bonchev–Trinajstić information content (AvgIpc) is 1.65. The number of alkyl halides is 1. The molecule has 29 nitrogen and oxygen atoms in total. The highest BCUT2D eigenvalue weighted by atomic mass is 127. The fourth-order valence-electron chi connectivity index (χ4n) is 10.7. The second kappa shape index (κ2) is 45.5. The molecule has 6 rings (SSSR count). The number of hydrogen-bond acceptors (Lipinski definition) is 22. The lowest BCUT2D eigenvalue weighted by Crippen LogP contribution is -2.53. The fraction of sp³-hybridized carbons (Fsp3) is 0.577. The van der Waals surface area contributed by atoms with E-state index < -0.39 is 48.2 Å². The predicted octanol–water partition coefficient (Wildman–Crippen LogP) is 6.55. The van der Waals surface area contributed by atoms with Gasteiger partial charge in [0.15, 0.2) is 29.2 Å². The smallest absolute Gasteiger partial charge is 0.416 e. The van der Waals surface area contributed by atoms with Gasteiger partial charge in [-0.1, -0.05) is 66.3 Å². The summed E-state index contributed by atoms with van der Waals surface area (Å²) < 4.78 is 73.8. The molecule has 4 heterocycles. The molecule has 2 aromatic carbocycles. The number of unbranched alkanes of at least 4 members (excludes halogenated alkanes) is 2. The molecule has 0 aliphatic carbocycles. The zero-order chi connectivity index (χ0) is 72.9. The van der Waals surface area contributed by atoms with E-state index in [1.807, 2.05) is 42.6 Å². The summed E-state index contributed by atoms with van der Waals surface area (Å²) in [5.41, 5.74) is 3.88. The van der Waals surface area contributed by atoms with Crippen molar-refractivity contribution in [2.24, 2.45) is 10.9 Å². The maximum atomic E-state index is 14.3. The molecule has 4 aliphatic heterocycles. The minimum atomic E-state index is -1.52. The number of methoxy groups -OCH3 is 2. The summed E-state index contributed by atoms with van der Waals surface area (Å²) in [5.74, 6) is -1.06. The minimum Gasteiger partial charge on any atom is -0.493 e. The van der Waals surface area contributed by atoms with Gasteiger partial charge in [-0.2, -0.15) is 0 Å². The molecule has 0 radical (unpaired) electrons. The Bertz CT molecular complexity index is 3180. The number of ether oxygens (including phenoxy) is 13. The van der Waals surface area contributed by atoms with Crippen LogP contribution >= 0.6 is 22.6 Å². The van der Waals surface area contributed by atoms with Gasteiger partial charge in [-0.15, -0.1) is 0 Å². The molecular formula is C71H101IN8O21. The second-order valence-electron chi connectivity index (χ2n) is 24.2. The van der Waals surface area contributed by atoms with Crippen LogP contribution in [0.5, 0.6) is 11.5 Å². The van der Waals surface area contributed by atoms with Crippen LogP contribution in [-0.2, 0) is 82.7 Å². The van der Waals surface area contributed by atoms with Gasteiger partial charge in [0.1, 0.15) is 18.7 Å². The number of aliphatic hydroxyl groups is 1. The minimum absolute atomic E-state index is 0.00575. The zero-order valence-electron chi connectivity index (χ0n) is 59.1. The Kier molecular flexibility index (Phi) is 37.1. The number of amides is 7. The monoisotopic (exact) mass is 1530 g/mol. The van der Waals surface area contributed by atoms with Crippen LogP contribution in [0.15, 0.2) is 101 Å². The topological polar surface area (TPSA) is 330 Å². The molecule has 0 aromatic heterocycles. The number of carbonyl (C=O) groups excluding carboxylic acids is 7. The third-order valence-electron chi connectivity index (χ3n) is 16.0. The maximum absolute atomic E-state index is 14.3. The van der Waals surface area contributed by atoms with E-state index in [1.54, 1.807) is 67.6 Å². The van der Waals surface area contributed by atoms with E-state index in [0.29, 0.717) is 170 Å². The number of aliphatic hydroxyl groups excluding tert-OH is 1. The van der Waals surface area contributed by atoms with E-state index >= 15 is 0 Å². The Morgan fingerprint density at radius 2 is 1.27 bits per heavy atom. The van der Waals surface area contributed by atoms with Crippen molar-refractivity contribution in [3.8, 4) is 11.5 Å². The third kappa shape index (κ3) is 28.0. The van der Waals surface area contributed by atoms with E-state index in [4.69, 9.17) is 61.6 Å². The van der Waals surface area contributed by atoms with E-state index in [9.17, 15) is 38.7 Å². The van der Waals surface area contributed by atoms with Gasteiger partial charge < -0.3 is 97.8 Å². The van der Waals surface area contributed by atoms with Gasteiger partial charge in [0.05, 0.1) is 167 Å². The van der Waals surface area contributed by atoms with Crippen LogP contribution in [-0.4, -0.2) is 242 Å². The number of allylic oxidation sites excluding steroid dienone is 2. The Labute approximate surface area is 605 Å². The summed E-state index contributed by atoms with van der Waals surface area (Å²) in [6.07, 6.45) is 8.35. The summed E-state index contributed by atoms with van der Waals surface area (Å²) in [6, 6.07) is 6.98. The summed E-state index contributed by atoms with van der Waals surface area (Å²) in [7, 11) is 2.95. The lowest BCUT2D eigenvalue weighted by molar-refractivity contribution is -0.132. The normalized spacial score (nSPS) is 17.5. The zero-order valence-corrected chi connectivity index (χ0v) is 61.3. The van der Waals surface area contributed by atoms with E-state index in [-0.39, 0.29) is 86.2 Å². The van der Waals surface area contributed by atoms with Gasteiger partial charge in [0.2, 0.25) is 29.5 Å². The predicted molar refractivity (Wildman–Crippen MR) is 381 cm³/mol. The van der Waals surface area contributed by atoms with Gasteiger partial charge in [-0.05, 0) is 88.6 Å². The van der Waals surface area contributed by atoms with Crippen LogP contribution in [0.3, 0.4) is 0 Å². The quantitative estimate of drug-likeness (QED) is 0.0154. The Balaban J connectivity index is 0.852. The molecule has 1 saturated heterocycles. The first-order chi connectivity index (χ1) is 48.8. The highest BCUT2D eigenvalue weighted by Crippen LogP contribution is 2.39. The number of nitrogens with zero attached hydrogens (tertiary/aromatic N) is 4. The number of halogens is 1. The number of carbonyl (C=O) groups is 7. The summed E-state index contributed by atoms with van der Waals surface area (Å²) in [4.78, 5) is 101. The molecule has 0 unspecified atom stereocenters.